The summed E-state index contributed by atoms with van der Waals surface area (Å²) in [5.74, 6) is 0. The molecule has 1 aromatic rings. The Labute approximate surface area is 110 Å². The molecule has 4 nitrogen and oxygen atoms in total. The van der Waals surface area contributed by atoms with Crippen LogP contribution in [0.4, 0.5) is 4.79 Å². The van der Waals surface area contributed by atoms with Gasteiger partial charge in [-0.05, 0) is 38.5 Å². The van der Waals surface area contributed by atoms with Crippen LogP contribution >= 0.6 is 15.9 Å². The number of ether oxygens (including phenoxy) is 1. The van der Waals surface area contributed by atoms with Crippen LogP contribution in [0.25, 0.3) is 0 Å². The minimum Gasteiger partial charge on any atom is -0.443 e. The summed E-state index contributed by atoms with van der Waals surface area (Å²) >= 11 is 3.38. The van der Waals surface area contributed by atoms with Crippen molar-refractivity contribution in [1.82, 2.24) is 10.9 Å². The van der Waals surface area contributed by atoms with Gasteiger partial charge in [-0.1, -0.05) is 28.1 Å². The Morgan fingerprint density at radius 2 is 2.12 bits per heavy atom. The third-order valence-corrected chi connectivity index (χ3v) is 2.26. The first-order chi connectivity index (χ1) is 7.87. The van der Waals surface area contributed by atoms with Crippen LogP contribution in [0.15, 0.2) is 28.7 Å². The fraction of sp³-hybridized carbons (Fsp3) is 0.417. The molecule has 0 aliphatic carbocycles. The zero-order valence-electron chi connectivity index (χ0n) is 10.2. The molecule has 0 heterocycles. The zero-order chi connectivity index (χ0) is 12.9. The third kappa shape index (κ3) is 6.28. The first-order valence-electron chi connectivity index (χ1n) is 5.33. The number of hydrogen-bond donors (Lipinski definition) is 2. The van der Waals surface area contributed by atoms with Gasteiger partial charge in [-0.3, -0.25) is 5.43 Å². The smallest absolute Gasteiger partial charge is 0.422 e. The van der Waals surface area contributed by atoms with E-state index in [1.165, 1.54) is 0 Å². The first-order valence-corrected chi connectivity index (χ1v) is 6.12. The zero-order valence-corrected chi connectivity index (χ0v) is 11.8. The van der Waals surface area contributed by atoms with E-state index in [1.807, 2.05) is 45.0 Å². The number of carbonyl (C=O) groups excluding carboxylic acids is 1. The average molecular weight is 301 g/mol. The quantitative estimate of drug-likeness (QED) is 0.844. The topological polar surface area (TPSA) is 50.4 Å². The number of carbonyl (C=O) groups is 1. The summed E-state index contributed by atoms with van der Waals surface area (Å²) in [5, 5.41) is 0. The van der Waals surface area contributed by atoms with Crippen molar-refractivity contribution in [3.8, 4) is 0 Å². The van der Waals surface area contributed by atoms with Gasteiger partial charge in [-0.15, -0.1) is 0 Å². The summed E-state index contributed by atoms with van der Waals surface area (Å²) in [5.41, 5.74) is 5.87. The lowest BCUT2D eigenvalue weighted by molar-refractivity contribution is 0.0497. The van der Waals surface area contributed by atoms with Crippen LogP contribution in [0.1, 0.15) is 26.3 Å². The van der Waals surface area contributed by atoms with Crippen molar-refractivity contribution < 1.29 is 9.53 Å². The summed E-state index contributed by atoms with van der Waals surface area (Å²) in [6.07, 6.45) is -0.479. The van der Waals surface area contributed by atoms with E-state index < -0.39 is 11.7 Å². The Bertz CT molecular complexity index is 388. The highest BCUT2D eigenvalue weighted by Crippen LogP contribution is 2.11. The number of rotatable bonds is 3. The normalized spacial score (nSPS) is 11.1. The number of hydrazine groups is 1. The molecule has 0 bridgehead atoms. The molecule has 0 aliphatic heterocycles. The van der Waals surface area contributed by atoms with Crippen molar-refractivity contribution in [2.24, 2.45) is 0 Å². The molecule has 0 saturated carbocycles. The summed E-state index contributed by atoms with van der Waals surface area (Å²) in [6, 6.07) is 7.83. The van der Waals surface area contributed by atoms with Gasteiger partial charge in [0.2, 0.25) is 0 Å². The van der Waals surface area contributed by atoms with Crippen LogP contribution in [0, 0.1) is 0 Å². The summed E-state index contributed by atoms with van der Waals surface area (Å²) in [4.78, 5) is 11.3. The second-order valence-corrected chi connectivity index (χ2v) is 5.53. The minimum atomic E-state index is -0.485. The Kier molecular flexibility index (Phi) is 4.96. The van der Waals surface area contributed by atoms with E-state index in [2.05, 4.69) is 26.8 Å². The molecule has 1 amide bonds. The largest absolute Gasteiger partial charge is 0.443 e. The first kappa shape index (κ1) is 14.0. The lowest BCUT2D eigenvalue weighted by Crippen LogP contribution is -2.40. The Morgan fingerprint density at radius 1 is 1.41 bits per heavy atom. The number of benzene rings is 1. The van der Waals surface area contributed by atoms with E-state index in [-0.39, 0.29) is 0 Å². The highest BCUT2D eigenvalue weighted by atomic mass is 79.9. The van der Waals surface area contributed by atoms with E-state index in [4.69, 9.17) is 4.74 Å². The molecule has 0 radical (unpaired) electrons. The highest BCUT2D eigenvalue weighted by Gasteiger charge is 2.15. The molecule has 0 fully saturated rings. The van der Waals surface area contributed by atoms with Gasteiger partial charge in [0.25, 0.3) is 0 Å². The number of hydrogen-bond acceptors (Lipinski definition) is 3. The molecule has 1 aromatic carbocycles. The van der Waals surface area contributed by atoms with Crippen molar-refractivity contribution in [1.29, 1.82) is 0 Å². The maximum absolute atomic E-state index is 11.3. The fourth-order valence-corrected chi connectivity index (χ4v) is 1.62. The van der Waals surface area contributed by atoms with Crippen LogP contribution in [0.3, 0.4) is 0 Å². The highest BCUT2D eigenvalue weighted by molar-refractivity contribution is 9.10. The molecule has 0 atom stereocenters. The minimum absolute atomic E-state index is 0.479. The van der Waals surface area contributed by atoms with E-state index in [0.717, 1.165) is 10.0 Å². The van der Waals surface area contributed by atoms with Crippen molar-refractivity contribution in [2.75, 3.05) is 0 Å². The number of nitrogens with one attached hydrogen (secondary N) is 2. The van der Waals surface area contributed by atoms with Gasteiger partial charge in [-0.25, -0.2) is 10.2 Å². The molecule has 5 heteroatoms. The molecular weight excluding hydrogens is 284 g/mol. The number of amides is 1. The Morgan fingerprint density at radius 3 is 2.71 bits per heavy atom. The molecule has 0 spiro atoms. The van der Waals surface area contributed by atoms with Gasteiger partial charge in [0, 0.05) is 11.0 Å². The van der Waals surface area contributed by atoms with Crippen molar-refractivity contribution in [3.05, 3.63) is 34.3 Å². The van der Waals surface area contributed by atoms with E-state index in [1.54, 1.807) is 0 Å². The van der Waals surface area contributed by atoms with Crippen molar-refractivity contribution >= 4 is 22.0 Å². The second kappa shape index (κ2) is 6.02. The van der Waals surface area contributed by atoms with Gasteiger partial charge < -0.3 is 4.74 Å². The van der Waals surface area contributed by atoms with Crippen molar-refractivity contribution in [2.45, 2.75) is 32.9 Å². The van der Waals surface area contributed by atoms with Crippen molar-refractivity contribution in [3.63, 3.8) is 0 Å². The Balaban J connectivity index is 2.31. The SMILES string of the molecule is CC(C)(C)OC(=O)NNCc1cccc(Br)c1. The van der Waals surface area contributed by atoms with Gasteiger partial charge in [0.15, 0.2) is 0 Å². The molecule has 0 saturated heterocycles. The average Bonchev–Trinajstić information content (AvgIpc) is 2.14. The molecule has 17 heavy (non-hydrogen) atoms. The van der Waals surface area contributed by atoms with E-state index >= 15 is 0 Å². The lowest BCUT2D eigenvalue weighted by atomic mass is 10.2. The molecule has 0 aromatic heterocycles. The maximum atomic E-state index is 11.3. The maximum Gasteiger partial charge on any atom is 0.422 e. The van der Waals surface area contributed by atoms with Crippen LogP contribution in [0.5, 0.6) is 0 Å². The van der Waals surface area contributed by atoms with Gasteiger partial charge in [-0.2, -0.15) is 0 Å². The Hall–Kier alpha value is -1.07. The van der Waals surface area contributed by atoms with Crippen LogP contribution in [-0.4, -0.2) is 11.7 Å². The molecular formula is C12H17BrN2O2. The predicted octanol–water partition coefficient (Wildman–Crippen LogP) is 2.98. The van der Waals surface area contributed by atoms with Crippen LogP contribution in [-0.2, 0) is 11.3 Å². The molecule has 94 valence electrons. The second-order valence-electron chi connectivity index (χ2n) is 4.61. The van der Waals surface area contributed by atoms with Crippen LogP contribution in [0.2, 0.25) is 0 Å². The molecule has 0 aliphatic rings. The summed E-state index contributed by atoms with van der Waals surface area (Å²) < 4.78 is 6.09. The molecule has 2 N–H and O–H groups in total. The summed E-state index contributed by atoms with van der Waals surface area (Å²) in [6.45, 7) is 6.00. The fourth-order valence-electron chi connectivity index (χ4n) is 1.17. The van der Waals surface area contributed by atoms with E-state index in [9.17, 15) is 4.79 Å². The lowest BCUT2D eigenvalue weighted by Gasteiger charge is -2.19. The van der Waals surface area contributed by atoms with Crippen LogP contribution < -0.4 is 10.9 Å². The predicted molar refractivity (Wildman–Crippen MR) is 70.4 cm³/mol. The summed E-state index contributed by atoms with van der Waals surface area (Å²) in [7, 11) is 0. The van der Waals surface area contributed by atoms with Gasteiger partial charge in [0.1, 0.15) is 5.60 Å². The standard InChI is InChI=1S/C12H17BrN2O2/c1-12(2,3)17-11(16)15-14-8-9-5-4-6-10(13)7-9/h4-7,14H,8H2,1-3H3,(H,15,16). The van der Waals surface area contributed by atoms with E-state index in [0.29, 0.717) is 6.54 Å². The number of halogens is 1. The van der Waals surface area contributed by atoms with Gasteiger partial charge >= 0.3 is 6.09 Å². The molecule has 0 unspecified atom stereocenters. The monoisotopic (exact) mass is 300 g/mol. The van der Waals surface area contributed by atoms with Gasteiger partial charge in [0.05, 0.1) is 0 Å². The third-order valence-electron chi connectivity index (χ3n) is 1.77. The molecule has 1 rings (SSSR count).